The monoisotopic (exact) mass is 426 g/mol. The van der Waals surface area contributed by atoms with Gasteiger partial charge in [0.2, 0.25) is 11.8 Å². The number of alkyl halides is 3. The largest absolute Gasteiger partial charge is 0.416 e. The van der Waals surface area contributed by atoms with Crippen LogP contribution in [0.1, 0.15) is 29.0 Å². The summed E-state index contributed by atoms with van der Waals surface area (Å²) in [6.07, 6.45) is -4.49. The number of amides is 2. The molecule has 0 bridgehead atoms. The van der Waals surface area contributed by atoms with E-state index < -0.39 is 34.9 Å². The van der Waals surface area contributed by atoms with Gasteiger partial charge in [-0.25, -0.2) is 4.39 Å². The zero-order valence-corrected chi connectivity index (χ0v) is 16.2. The number of hydrogen-bond acceptors (Lipinski definition) is 3. The minimum Gasteiger partial charge on any atom is -0.350 e. The molecule has 1 fully saturated rings. The third-order valence-corrected chi connectivity index (χ3v) is 5.81. The van der Waals surface area contributed by atoms with Crippen LogP contribution in [0.25, 0.3) is 0 Å². The lowest BCUT2D eigenvalue weighted by Gasteiger charge is -2.30. The van der Waals surface area contributed by atoms with Crippen LogP contribution in [-0.4, -0.2) is 28.5 Å². The zero-order valence-electron chi connectivity index (χ0n) is 15.4. The summed E-state index contributed by atoms with van der Waals surface area (Å²) in [5.74, 6) is -1.07. The Morgan fingerprint density at radius 2 is 1.93 bits per heavy atom. The zero-order chi connectivity index (χ0) is 21.2. The summed E-state index contributed by atoms with van der Waals surface area (Å²) < 4.78 is 52.0. The number of hydrogen-bond donors (Lipinski definition) is 1. The molecule has 1 heterocycles. The molecule has 2 unspecified atom stereocenters. The molecule has 0 spiro atoms. The SMILES string of the molecule is CC(C(=O)NCc1ccc(F)cc1)N1C(=O)CSC1c1cccc(C(F)(F)F)c1. The lowest BCUT2D eigenvalue weighted by molar-refractivity contribution is -0.138. The number of nitrogens with zero attached hydrogens (tertiary/aromatic N) is 1. The van der Waals surface area contributed by atoms with Gasteiger partial charge in [-0.2, -0.15) is 13.2 Å². The molecule has 0 aliphatic carbocycles. The van der Waals surface area contributed by atoms with E-state index in [-0.39, 0.29) is 18.2 Å². The van der Waals surface area contributed by atoms with Crippen LogP contribution in [0.4, 0.5) is 17.6 Å². The van der Waals surface area contributed by atoms with Crippen molar-refractivity contribution in [3.05, 3.63) is 71.0 Å². The van der Waals surface area contributed by atoms with Crippen LogP contribution in [0.2, 0.25) is 0 Å². The van der Waals surface area contributed by atoms with Crippen LogP contribution in [-0.2, 0) is 22.3 Å². The summed E-state index contributed by atoms with van der Waals surface area (Å²) in [6, 6.07) is 9.51. The molecule has 0 radical (unpaired) electrons. The normalized spacial score (nSPS) is 18.0. The first-order chi connectivity index (χ1) is 13.7. The van der Waals surface area contributed by atoms with Gasteiger partial charge in [0.15, 0.2) is 0 Å². The molecule has 2 amide bonds. The molecule has 2 aromatic carbocycles. The summed E-state index contributed by atoms with van der Waals surface area (Å²) in [6.45, 7) is 1.68. The molecular formula is C20H18F4N2O2S. The molecule has 3 rings (SSSR count). The summed E-state index contributed by atoms with van der Waals surface area (Å²) in [7, 11) is 0. The fourth-order valence-electron chi connectivity index (χ4n) is 3.05. The van der Waals surface area contributed by atoms with Gasteiger partial charge in [0.1, 0.15) is 17.2 Å². The lowest BCUT2D eigenvalue weighted by Crippen LogP contribution is -2.46. The highest BCUT2D eigenvalue weighted by Gasteiger charge is 2.39. The van der Waals surface area contributed by atoms with Crippen molar-refractivity contribution in [1.82, 2.24) is 10.2 Å². The summed E-state index contributed by atoms with van der Waals surface area (Å²) in [5.41, 5.74) is 0.195. The minimum atomic E-state index is -4.49. The maximum absolute atomic E-state index is 13.0. The maximum Gasteiger partial charge on any atom is 0.416 e. The quantitative estimate of drug-likeness (QED) is 0.732. The van der Waals surface area contributed by atoms with Crippen LogP contribution >= 0.6 is 11.8 Å². The van der Waals surface area contributed by atoms with Crippen molar-refractivity contribution in [3.8, 4) is 0 Å². The molecule has 9 heteroatoms. The predicted octanol–water partition coefficient (Wildman–Crippen LogP) is 4.12. The van der Waals surface area contributed by atoms with Crippen LogP contribution in [0.3, 0.4) is 0 Å². The molecule has 0 saturated carbocycles. The van der Waals surface area contributed by atoms with E-state index in [0.717, 1.165) is 12.1 Å². The molecule has 1 saturated heterocycles. The Hall–Kier alpha value is -2.55. The molecule has 29 heavy (non-hydrogen) atoms. The summed E-state index contributed by atoms with van der Waals surface area (Å²) >= 11 is 1.18. The third kappa shape index (κ3) is 4.90. The summed E-state index contributed by atoms with van der Waals surface area (Å²) in [4.78, 5) is 26.2. The number of carbonyl (C=O) groups excluding carboxylic acids is 2. The second kappa shape index (κ2) is 8.44. The maximum atomic E-state index is 13.0. The van der Waals surface area contributed by atoms with E-state index in [1.54, 1.807) is 0 Å². The molecule has 1 aliphatic heterocycles. The fraction of sp³-hybridized carbons (Fsp3) is 0.300. The van der Waals surface area contributed by atoms with E-state index in [4.69, 9.17) is 0 Å². The van der Waals surface area contributed by atoms with Crippen molar-refractivity contribution in [2.45, 2.75) is 31.1 Å². The molecule has 4 nitrogen and oxygen atoms in total. The highest BCUT2D eigenvalue weighted by molar-refractivity contribution is 8.00. The van der Waals surface area contributed by atoms with Crippen LogP contribution in [0, 0.1) is 5.82 Å². The topological polar surface area (TPSA) is 49.4 Å². The van der Waals surface area contributed by atoms with Gasteiger partial charge in [0, 0.05) is 6.54 Å². The van der Waals surface area contributed by atoms with Crippen molar-refractivity contribution in [1.29, 1.82) is 0 Å². The van der Waals surface area contributed by atoms with E-state index in [1.165, 1.54) is 60.0 Å². The highest BCUT2D eigenvalue weighted by Crippen LogP contribution is 2.41. The smallest absolute Gasteiger partial charge is 0.350 e. The average molecular weight is 426 g/mol. The lowest BCUT2D eigenvalue weighted by atomic mass is 10.1. The number of carbonyl (C=O) groups is 2. The van der Waals surface area contributed by atoms with E-state index in [0.29, 0.717) is 11.1 Å². The van der Waals surface area contributed by atoms with Gasteiger partial charge in [0.05, 0.1) is 11.3 Å². The number of benzene rings is 2. The Bertz CT molecular complexity index is 902. The van der Waals surface area contributed by atoms with E-state index in [9.17, 15) is 27.2 Å². The fourth-order valence-corrected chi connectivity index (χ4v) is 4.30. The first-order valence-electron chi connectivity index (χ1n) is 8.79. The van der Waals surface area contributed by atoms with Gasteiger partial charge in [-0.1, -0.05) is 24.3 Å². The Kier molecular flexibility index (Phi) is 6.16. The summed E-state index contributed by atoms with van der Waals surface area (Å²) in [5, 5.41) is 1.99. The first kappa shape index (κ1) is 21.2. The van der Waals surface area contributed by atoms with E-state index in [1.807, 2.05) is 0 Å². The van der Waals surface area contributed by atoms with Crippen LogP contribution in [0.15, 0.2) is 48.5 Å². The van der Waals surface area contributed by atoms with E-state index in [2.05, 4.69) is 5.32 Å². The van der Waals surface area contributed by atoms with Crippen LogP contribution < -0.4 is 5.32 Å². The number of nitrogens with one attached hydrogen (secondary N) is 1. The van der Waals surface area contributed by atoms with Crippen molar-refractivity contribution in [2.75, 3.05) is 5.75 Å². The standard InChI is InChI=1S/C20H18F4N2O2S/c1-12(18(28)25-10-13-5-7-16(21)8-6-13)26-17(27)11-29-19(26)14-3-2-4-15(9-14)20(22,23)24/h2-9,12,19H,10-11H2,1H3,(H,25,28). The second-order valence-electron chi connectivity index (χ2n) is 6.61. The van der Waals surface area contributed by atoms with Crippen LogP contribution in [0.5, 0.6) is 0 Å². The Labute approximate surface area is 169 Å². The Balaban J connectivity index is 1.74. The van der Waals surface area contributed by atoms with Crippen molar-refractivity contribution in [2.24, 2.45) is 0 Å². The van der Waals surface area contributed by atoms with Gasteiger partial charge in [-0.15, -0.1) is 11.8 Å². The molecule has 2 aromatic rings. The van der Waals surface area contributed by atoms with Gasteiger partial charge in [0.25, 0.3) is 0 Å². The van der Waals surface area contributed by atoms with Crippen molar-refractivity contribution >= 4 is 23.6 Å². The van der Waals surface area contributed by atoms with Crippen molar-refractivity contribution < 1.29 is 27.2 Å². The predicted molar refractivity (Wildman–Crippen MR) is 101 cm³/mol. The molecule has 0 aromatic heterocycles. The average Bonchev–Trinajstić information content (AvgIpc) is 3.07. The number of thioether (sulfide) groups is 1. The van der Waals surface area contributed by atoms with Crippen molar-refractivity contribution in [3.63, 3.8) is 0 Å². The van der Waals surface area contributed by atoms with Gasteiger partial charge >= 0.3 is 6.18 Å². The highest BCUT2D eigenvalue weighted by atomic mass is 32.2. The first-order valence-corrected chi connectivity index (χ1v) is 9.84. The molecule has 1 N–H and O–H groups in total. The van der Waals surface area contributed by atoms with Gasteiger partial charge in [-0.05, 0) is 42.3 Å². The van der Waals surface area contributed by atoms with Gasteiger partial charge in [-0.3, -0.25) is 9.59 Å². The Morgan fingerprint density at radius 3 is 2.59 bits per heavy atom. The molecular weight excluding hydrogens is 408 g/mol. The van der Waals surface area contributed by atoms with Gasteiger partial charge < -0.3 is 10.2 Å². The molecule has 1 aliphatic rings. The number of halogens is 4. The molecule has 2 atom stereocenters. The second-order valence-corrected chi connectivity index (χ2v) is 7.68. The third-order valence-electron chi connectivity index (χ3n) is 4.58. The molecule has 154 valence electrons. The van der Waals surface area contributed by atoms with E-state index >= 15 is 0 Å². The number of rotatable bonds is 5. The minimum absolute atomic E-state index is 0.0799. The Morgan fingerprint density at radius 1 is 1.24 bits per heavy atom.